The van der Waals surface area contributed by atoms with Gasteiger partial charge in [-0.25, -0.2) is 17.4 Å². The number of halogens is 6. The SMILES string of the molecule is BrB(Br)Br.COc1ccc(OC2=C(c3ccc(F)cc3)c3ccc(C)cc3S2=O)cc1.COc1ccc(Oc2sc3cc(C)ccc3c2-c2ccc(F)cc2)cc1.Oc1ccc(Oc2sc3cc(O)ccc3c2-c2ccc(F)cc2)cc1. The summed E-state index contributed by atoms with van der Waals surface area (Å²) >= 11 is 12.3. The minimum absolute atomic E-state index is 0.160. The first kappa shape index (κ1) is 59.3. The van der Waals surface area contributed by atoms with Gasteiger partial charge in [0, 0.05) is 42.4 Å². The maximum atomic E-state index is 13.4. The molecule has 0 amide bonds. The monoisotopic (exact) mass is 1340 g/mol. The average Bonchev–Trinajstić information content (AvgIpc) is 3.58. The Morgan fingerprint density at radius 3 is 1.30 bits per heavy atom. The third kappa shape index (κ3) is 14.6. The zero-order valence-electron chi connectivity index (χ0n) is 44.0. The van der Waals surface area contributed by atoms with Gasteiger partial charge in [-0.3, -0.25) is 0 Å². The standard InChI is InChI=1S/C22H17FO3S.C22H17FO2S.C20H13FO3S.BBr3/c1-14-3-12-19-20(13-14)27(24)22(21(19)15-4-6-16(23)7-5-15)26-18-10-8-17(25-2)9-11-18;1-14-3-12-19-20(13-14)26-22(21(19)15-4-6-16(23)7-5-15)25-18-10-8-17(24-2)9-11-18;21-13-3-1-12(2-4-13)19-17-10-7-15(23)11-18(17)25-20(19)24-16-8-5-14(22)6-9-16;2-1(3)4/h3-13H,1-2H3;3-13H,1-2H3;1-11,22-23H;. The van der Waals surface area contributed by atoms with Crippen LogP contribution in [0.15, 0.2) is 210 Å². The lowest BCUT2D eigenvalue weighted by atomic mass is 9.98. The van der Waals surface area contributed by atoms with E-state index in [2.05, 4.69) is 72.4 Å². The molecule has 11 aromatic rings. The predicted octanol–water partition coefficient (Wildman–Crippen LogP) is 19.9. The van der Waals surface area contributed by atoms with Crippen molar-refractivity contribution in [3.05, 3.63) is 245 Å². The fourth-order valence-corrected chi connectivity index (χ4v) is 12.3. The van der Waals surface area contributed by atoms with Crippen molar-refractivity contribution >= 4 is 110 Å². The van der Waals surface area contributed by atoms with Gasteiger partial charge in [-0.05, 0) is 181 Å². The Morgan fingerprint density at radius 2 is 0.829 bits per heavy atom. The van der Waals surface area contributed by atoms with Gasteiger partial charge in [0.1, 0.15) is 68.5 Å². The molecule has 1 aliphatic heterocycles. The van der Waals surface area contributed by atoms with Crippen LogP contribution < -0.4 is 23.7 Å². The summed E-state index contributed by atoms with van der Waals surface area (Å²) in [4.78, 5) is 0.706. The van der Waals surface area contributed by atoms with Crippen LogP contribution >= 0.6 is 69.9 Å². The minimum Gasteiger partial charge on any atom is -0.508 e. The number of phenols is 2. The summed E-state index contributed by atoms with van der Waals surface area (Å²) in [6, 6.07) is 57.1. The molecule has 0 fully saturated rings. The highest BCUT2D eigenvalue weighted by molar-refractivity contribution is 9.69. The summed E-state index contributed by atoms with van der Waals surface area (Å²) in [5, 5.41) is 23.0. The number of phenolic OH excluding ortho intramolecular Hbond substituents is 2. The molecule has 0 radical (unpaired) electrons. The van der Waals surface area contributed by atoms with Crippen LogP contribution in [0.2, 0.25) is 0 Å². The van der Waals surface area contributed by atoms with E-state index in [1.54, 1.807) is 123 Å². The van der Waals surface area contributed by atoms with Crippen molar-refractivity contribution in [1.29, 1.82) is 0 Å². The van der Waals surface area contributed by atoms with E-state index in [-0.39, 0.29) is 32.1 Å². The van der Waals surface area contributed by atoms with Gasteiger partial charge >= 0.3 is 3.18 Å². The number of methoxy groups -OCH3 is 2. The number of aromatic hydroxyl groups is 2. The molecule has 2 aromatic heterocycles. The fourth-order valence-electron chi connectivity index (χ4n) is 8.56. The normalized spacial score (nSPS) is 12.2. The summed E-state index contributed by atoms with van der Waals surface area (Å²) in [5.74, 6) is 2.83. The van der Waals surface area contributed by atoms with Crippen LogP contribution in [0.4, 0.5) is 13.2 Å². The number of ether oxygens (including phenoxy) is 5. The first-order chi connectivity index (χ1) is 39.5. The molecule has 1 atom stereocenters. The lowest BCUT2D eigenvalue weighted by Crippen LogP contribution is -2.01. The molecule has 8 nitrogen and oxygen atoms in total. The second-order valence-corrected chi connectivity index (χ2v) is 27.9. The molecule has 82 heavy (non-hydrogen) atoms. The molecule has 0 aliphatic carbocycles. The van der Waals surface area contributed by atoms with E-state index in [1.165, 1.54) is 53.3 Å². The molecular weight excluding hydrogens is 1300 g/mol. The van der Waals surface area contributed by atoms with Crippen molar-refractivity contribution in [1.82, 2.24) is 0 Å². The Labute approximate surface area is 507 Å². The molecule has 0 saturated carbocycles. The Kier molecular flexibility index (Phi) is 19.7. The van der Waals surface area contributed by atoms with Gasteiger partial charge in [-0.2, -0.15) is 0 Å². The van der Waals surface area contributed by atoms with Gasteiger partial charge in [0.25, 0.3) is 0 Å². The van der Waals surface area contributed by atoms with Crippen LogP contribution in [0.1, 0.15) is 22.3 Å². The van der Waals surface area contributed by atoms with Gasteiger partial charge in [-0.15, -0.1) is 47.3 Å². The Balaban J connectivity index is 0.000000143. The number of rotatable bonds is 11. The van der Waals surface area contributed by atoms with Crippen molar-refractivity contribution in [3.63, 3.8) is 0 Å². The third-order valence-electron chi connectivity index (χ3n) is 12.4. The third-order valence-corrected chi connectivity index (χ3v) is 15.8. The van der Waals surface area contributed by atoms with Crippen LogP contribution in [-0.2, 0) is 10.8 Å². The molecule has 0 bridgehead atoms. The largest absolute Gasteiger partial charge is 0.508 e. The summed E-state index contributed by atoms with van der Waals surface area (Å²) in [5.41, 5.74) is 8.13. The van der Waals surface area contributed by atoms with E-state index in [4.69, 9.17) is 23.7 Å². The quantitative estimate of drug-likeness (QED) is 0.123. The number of hydrogen-bond donors (Lipinski definition) is 2. The first-order valence-electron chi connectivity index (χ1n) is 24.9. The first-order valence-corrected chi connectivity index (χ1v) is 30.4. The Bertz CT molecular complexity index is 4050. The Hall–Kier alpha value is -7.32. The number of aryl methyl sites for hydroxylation is 2. The van der Waals surface area contributed by atoms with Gasteiger partial charge in [0.05, 0.1) is 19.1 Å². The highest BCUT2D eigenvalue weighted by Gasteiger charge is 2.32. The van der Waals surface area contributed by atoms with Crippen molar-refractivity contribution in [2.45, 2.75) is 18.7 Å². The topological polar surface area (TPSA) is 104 Å². The fraction of sp³-hybridized carbons (Fsp3) is 0.0625. The molecule has 9 aromatic carbocycles. The molecule has 12 rings (SSSR count). The van der Waals surface area contributed by atoms with Gasteiger partial charge < -0.3 is 33.9 Å². The highest BCUT2D eigenvalue weighted by atomic mass is 79.9. The zero-order valence-corrected chi connectivity index (χ0v) is 51.2. The maximum absolute atomic E-state index is 13.4. The summed E-state index contributed by atoms with van der Waals surface area (Å²) in [6.07, 6.45) is 0. The summed E-state index contributed by atoms with van der Waals surface area (Å²) < 4.78 is 84.1. The lowest BCUT2D eigenvalue weighted by Gasteiger charge is -2.10. The molecule has 0 spiro atoms. The van der Waals surface area contributed by atoms with Crippen molar-refractivity contribution in [2.24, 2.45) is 0 Å². The second kappa shape index (κ2) is 27.2. The molecule has 414 valence electrons. The number of hydrogen-bond acceptors (Lipinski definition) is 10. The molecule has 1 aliphatic rings. The van der Waals surface area contributed by atoms with Crippen molar-refractivity contribution in [3.8, 4) is 72.6 Å². The molecular formula is C64H47BBr3F3O8S3. The molecule has 2 N–H and O–H groups in total. The summed E-state index contributed by atoms with van der Waals surface area (Å²) in [7, 11) is 1.77. The van der Waals surface area contributed by atoms with Gasteiger partial charge in [0.15, 0.2) is 10.1 Å². The van der Waals surface area contributed by atoms with Crippen molar-refractivity contribution < 1.29 is 51.3 Å². The predicted molar refractivity (Wildman–Crippen MR) is 338 cm³/mol. The minimum atomic E-state index is -1.46. The molecule has 3 heterocycles. The van der Waals surface area contributed by atoms with Gasteiger partial charge in [-0.1, -0.05) is 83.3 Å². The Morgan fingerprint density at radius 1 is 0.451 bits per heavy atom. The van der Waals surface area contributed by atoms with Crippen LogP contribution in [0.3, 0.4) is 0 Å². The van der Waals surface area contributed by atoms with Crippen LogP contribution in [0.5, 0.6) is 50.4 Å². The number of benzene rings is 9. The van der Waals surface area contributed by atoms with Crippen LogP contribution in [0.25, 0.3) is 48.0 Å². The van der Waals surface area contributed by atoms with Crippen LogP contribution in [0, 0.1) is 31.3 Å². The van der Waals surface area contributed by atoms with Gasteiger partial charge in [0.2, 0.25) is 5.09 Å². The number of thiophene rings is 2. The smallest absolute Gasteiger partial charge is 0.369 e. The zero-order chi connectivity index (χ0) is 58.0. The molecule has 18 heteroatoms. The highest BCUT2D eigenvalue weighted by Crippen LogP contribution is 2.49. The van der Waals surface area contributed by atoms with E-state index >= 15 is 0 Å². The molecule has 1 unspecified atom stereocenters. The van der Waals surface area contributed by atoms with E-state index in [0.717, 1.165) is 81.3 Å². The second-order valence-electron chi connectivity index (χ2n) is 18.1. The van der Waals surface area contributed by atoms with E-state index in [1.807, 2.05) is 55.5 Å². The van der Waals surface area contributed by atoms with E-state index in [9.17, 15) is 27.6 Å². The number of fused-ring (bicyclic) bond motifs is 3. The maximum Gasteiger partial charge on any atom is 0.369 e. The summed E-state index contributed by atoms with van der Waals surface area (Å²) in [6.45, 7) is 4.03. The van der Waals surface area contributed by atoms with E-state index in [0.29, 0.717) is 32.3 Å². The molecule has 0 saturated heterocycles. The average molecular weight is 1350 g/mol. The van der Waals surface area contributed by atoms with Crippen molar-refractivity contribution in [2.75, 3.05) is 14.2 Å². The van der Waals surface area contributed by atoms with Crippen LogP contribution in [-0.4, -0.2) is 31.8 Å². The lowest BCUT2D eigenvalue weighted by molar-refractivity contribution is 0.412. The van der Waals surface area contributed by atoms with E-state index < -0.39 is 10.8 Å².